The molecular formula is C14H28N2O. The third-order valence-electron chi connectivity index (χ3n) is 3.98. The van der Waals surface area contributed by atoms with Gasteiger partial charge in [0, 0.05) is 17.5 Å². The molecule has 1 fully saturated rings. The predicted molar refractivity (Wildman–Crippen MR) is 71.9 cm³/mol. The van der Waals surface area contributed by atoms with E-state index in [1.165, 1.54) is 0 Å². The summed E-state index contributed by atoms with van der Waals surface area (Å²) >= 11 is 0. The maximum absolute atomic E-state index is 12.1. The van der Waals surface area contributed by atoms with E-state index in [0.29, 0.717) is 6.04 Å². The van der Waals surface area contributed by atoms with Crippen LogP contribution >= 0.6 is 0 Å². The van der Waals surface area contributed by atoms with Crippen molar-refractivity contribution in [2.24, 2.45) is 5.92 Å². The Bertz CT molecular complexity index is 253. The molecule has 0 atom stereocenters. The highest BCUT2D eigenvalue weighted by Gasteiger charge is 2.28. The molecule has 17 heavy (non-hydrogen) atoms. The highest BCUT2D eigenvalue weighted by Crippen LogP contribution is 2.20. The second kappa shape index (κ2) is 5.85. The normalized spacial score (nSPS) is 19.6. The summed E-state index contributed by atoms with van der Waals surface area (Å²) in [6, 6.07) is 0.603. The third kappa shape index (κ3) is 4.30. The molecule has 1 aliphatic heterocycles. The lowest BCUT2D eigenvalue weighted by atomic mass is 9.93. The van der Waals surface area contributed by atoms with Crippen molar-refractivity contribution >= 4 is 5.91 Å². The van der Waals surface area contributed by atoms with Crippen molar-refractivity contribution in [3.05, 3.63) is 0 Å². The summed E-state index contributed by atoms with van der Waals surface area (Å²) in [4.78, 5) is 14.6. The Morgan fingerprint density at radius 1 is 1.35 bits per heavy atom. The van der Waals surface area contributed by atoms with Crippen LogP contribution in [0.4, 0.5) is 0 Å². The Morgan fingerprint density at radius 3 is 2.29 bits per heavy atom. The van der Waals surface area contributed by atoms with Crippen LogP contribution in [0.2, 0.25) is 0 Å². The largest absolute Gasteiger partial charge is 0.351 e. The van der Waals surface area contributed by atoms with Crippen molar-refractivity contribution in [1.29, 1.82) is 0 Å². The molecule has 0 saturated carbocycles. The molecule has 100 valence electrons. The van der Waals surface area contributed by atoms with Crippen molar-refractivity contribution in [2.75, 3.05) is 13.1 Å². The van der Waals surface area contributed by atoms with Crippen LogP contribution < -0.4 is 5.32 Å². The molecule has 0 radical (unpaired) electrons. The SMILES string of the molecule is CCC(C)(C)NC(=O)C1CCN(C(C)C)CC1. The summed E-state index contributed by atoms with van der Waals surface area (Å²) in [5, 5.41) is 3.16. The van der Waals surface area contributed by atoms with Gasteiger partial charge in [-0.1, -0.05) is 6.92 Å². The molecule has 1 heterocycles. The number of nitrogens with one attached hydrogen (secondary N) is 1. The van der Waals surface area contributed by atoms with E-state index in [1.54, 1.807) is 0 Å². The van der Waals surface area contributed by atoms with Gasteiger partial charge in [0.2, 0.25) is 5.91 Å². The van der Waals surface area contributed by atoms with Crippen LogP contribution in [0, 0.1) is 5.92 Å². The Hall–Kier alpha value is -0.570. The van der Waals surface area contributed by atoms with Gasteiger partial charge < -0.3 is 10.2 Å². The van der Waals surface area contributed by atoms with Crippen LogP contribution in [0.3, 0.4) is 0 Å². The summed E-state index contributed by atoms with van der Waals surface area (Å²) < 4.78 is 0. The fourth-order valence-corrected chi connectivity index (χ4v) is 2.20. The molecule has 0 spiro atoms. The number of carbonyl (C=O) groups is 1. The molecule has 0 aromatic carbocycles. The molecule has 3 nitrogen and oxygen atoms in total. The Labute approximate surface area is 106 Å². The van der Waals surface area contributed by atoms with E-state index in [1.807, 2.05) is 0 Å². The summed E-state index contributed by atoms with van der Waals surface area (Å²) in [6.07, 6.45) is 2.98. The minimum Gasteiger partial charge on any atom is -0.351 e. The van der Waals surface area contributed by atoms with Gasteiger partial charge in [0.1, 0.15) is 0 Å². The summed E-state index contributed by atoms with van der Waals surface area (Å²) in [7, 11) is 0. The average molecular weight is 240 g/mol. The molecule has 0 aliphatic carbocycles. The van der Waals surface area contributed by atoms with Crippen LogP contribution in [0.1, 0.15) is 53.9 Å². The zero-order chi connectivity index (χ0) is 13.1. The fraction of sp³-hybridized carbons (Fsp3) is 0.929. The molecule has 0 unspecified atom stereocenters. The summed E-state index contributed by atoms with van der Waals surface area (Å²) in [5.41, 5.74) is -0.0632. The number of nitrogens with zero attached hydrogens (tertiary/aromatic N) is 1. The van der Waals surface area contributed by atoms with Crippen molar-refractivity contribution in [2.45, 2.75) is 65.5 Å². The molecule has 1 saturated heterocycles. The maximum atomic E-state index is 12.1. The van der Waals surface area contributed by atoms with Crippen molar-refractivity contribution < 1.29 is 4.79 Å². The second-order valence-electron chi connectivity index (χ2n) is 6.13. The first kappa shape index (κ1) is 14.5. The Balaban J connectivity index is 2.41. The van der Waals surface area contributed by atoms with Gasteiger partial charge in [0.25, 0.3) is 0 Å². The molecular weight excluding hydrogens is 212 g/mol. The van der Waals surface area contributed by atoms with E-state index < -0.39 is 0 Å². The third-order valence-corrected chi connectivity index (χ3v) is 3.98. The van der Waals surface area contributed by atoms with Gasteiger partial charge in [-0.25, -0.2) is 0 Å². The zero-order valence-electron chi connectivity index (χ0n) is 12.0. The van der Waals surface area contributed by atoms with E-state index in [9.17, 15) is 4.79 Å². The highest BCUT2D eigenvalue weighted by atomic mass is 16.2. The summed E-state index contributed by atoms with van der Waals surface area (Å²) in [5.74, 6) is 0.469. The number of amides is 1. The number of rotatable bonds is 4. The monoisotopic (exact) mass is 240 g/mol. The Kier molecular flexibility index (Phi) is 4.99. The van der Waals surface area contributed by atoms with Gasteiger partial charge in [0.15, 0.2) is 0 Å². The van der Waals surface area contributed by atoms with Gasteiger partial charge in [-0.2, -0.15) is 0 Å². The lowest BCUT2D eigenvalue weighted by molar-refractivity contribution is -0.128. The van der Waals surface area contributed by atoms with E-state index in [4.69, 9.17) is 0 Å². The lowest BCUT2D eigenvalue weighted by Gasteiger charge is -2.35. The standard InChI is InChI=1S/C14H28N2O/c1-6-14(4,5)15-13(17)12-7-9-16(10-8-12)11(2)3/h11-12H,6-10H2,1-5H3,(H,15,17). The number of hydrogen-bond acceptors (Lipinski definition) is 2. The van der Waals surface area contributed by atoms with Crippen molar-refractivity contribution in [1.82, 2.24) is 10.2 Å². The molecule has 1 amide bonds. The first-order valence-corrected chi connectivity index (χ1v) is 6.92. The molecule has 3 heteroatoms. The Morgan fingerprint density at radius 2 is 1.88 bits per heavy atom. The van der Waals surface area contributed by atoms with Gasteiger partial charge in [-0.15, -0.1) is 0 Å². The predicted octanol–water partition coefficient (Wildman–Crippen LogP) is 2.41. The maximum Gasteiger partial charge on any atom is 0.223 e. The topological polar surface area (TPSA) is 32.3 Å². The number of carbonyl (C=O) groups excluding carboxylic acids is 1. The van der Waals surface area contributed by atoms with Crippen LogP contribution in [0.25, 0.3) is 0 Å². The molecule has 1 aliphatic rings. The van der Waals surface area contributed by atoms with E-state index in [0.717, 1.165) is 32.4 Å². The van der Waals surface area contributed by atoms with E-state index >= 15 is 0 Å². The van der Waals surface area contributed by atoms with Crippen LogP contribution in [-0.4, -0.2) is 35.5 Å². The van der Waals surface area contributed by atoms with Crippen LogP contribution in [0.5, 0.6) is 0 Å². The average Bonchev–Trinajstić information content (AvgIpc) is 2.28. The lowest BCUT2D eigenvalue weighted by Crippen LogP contribution is -2.49. The van der Waals surface area contributed by atoms with E-state index in [-0.39, 0.29) is 17.4 Å². The van der Waals surface area contributed by atoms with E-state index in [2.05, 4.69) is 44.8 Å². The molecule has 1 rings (SSSR count). The first-order chi connectivity index (χ1) is 7.85. The first-order valence-electron chi connectivity index (χ1n) is 6.92. The fourth-order valence-electron chi connectivity index (χ4n) is 2.20. The second-order valence-corrected chi connectivity index (χ2v) is 6.13. The van der Waals surface area contributed by atoms with Gasteiger partial charge in [0.05, 0.1) is 0 Å². The van der Waals surface area contributed by atoms with Gasteiger partial charge in [-0.05, 0) is 60.0 Å². The quantitative estimate of drug-likeness (QED) is 0.818. The van der Waals surface area contributed by atoms with Crippen molar-refractivity contribution in [3.8, 4) is 0 Å². The number of likely N-dealkylation sites (tertiary alicyclic amines) is 1. The van der Waals surface area contributed by atoms with Crippen LogP contribution in [0.15, 0.2) is 0 Å². The number of hydrogen-bond donors (Lipinski definition) is 1. The minimum absolute atomic E-state index is 0.0632. The van der Waals surface area contributed by atoms with Crippen molar-refractivity contribution in [3.63, 3.8) is 0 Å². The smallest absolute Gasteiger partial charge is 0.223 e. The summed E-state index contributed by atoms with van der Waals surface area (Å²) in [6.45, 7) is 12.9. The zero-order valence-corrected chi connectivity index (χ0v) is 12.0. The highest BCUT2D eigenvalue weighted by molar-refractivity contribution is 5.79. The molecule has 0 aromatic rings. The van der Waals surface area contributed by atoms with Gasteiger partial charge in [-0.3, -0.25) is 4.79 Å². The van der Waals surface area contributed by atoms with Gasteiger partial charge >= 0.3 is 0 Å². The number of piperidine rings is 1. The molecule has 0 aromatic heterocycles. The molecule has 1 N–H and O–H groups in total. The van der Waals surface area contributed by atoms with Crippen LogP contribution in [-0.2, 0) is 4.79 Å². The molecule has 0 bridgehead atoms. The minimum atomic E-state index is -0.0632.